The molecule has 3 N–H and O–H groups in total. The molecule has 0 unspecified atom stereocenters. The van der Waals surface area contributed by atoms with Gasteiger partial charge in [0.1, 0.15) is 11.3 Å². The van der Waals surface area contributed by atoms with E-state index in [1.165, 1.54) is 6.20 Å². The van der Waals surface area contributed by atoms with Crippen LogP contribution in [0.4, 0.5) is 11.5 Å². The largest absolute Gasteiger partial charge is 0.384 e. The molecule has 20 heavy (non-hydrogen) atoms. The van der Waals surface area contributed by atoms with Crippen LogP contribution in [0.25, 0.3) is 11.0 Å². The van der Waals surface area contributed by atoms with Crippen molar-refractivity contribution in [1.82, 2.24) is 15.0 Å². The maximum Gasteiger partial charge on any atom is 0.257 e. The second-order valence-corrected chi connectivity index (χ2v) is 4.16. The number of carbonyl (C=O) groups excluding carboxylic acids is 1. The standard InChI is InChI=1S/C14H11N5O/c15-12-5-4-9(8-18-12)19-14(20)10-2-1-3-11-13(10)17-7-6-16-11/h1-8H,(H2,15,18)(H,19,20). The molecule has 0 spiro atoms. The number of amides is 1. The van der Waals surface area contributed by atoms with Crippen LogP contribution in [0, 0.1) is 0 Å². The second-order valence-electron chi connectivity index (χ2n) is 4.16. The van der Waals surface area contributed by atoms with Gasteiger partial charge in [0.05, 0.1) is 23.0 Å². The summed E-state index contributed by atoms with van der Waals surface area (Å²) in [4.78, 5) is 24.6. The van der Waals surface area contributed by atoms with Crippen LogP contribution in [-0.2, 0) is 0 Å². The van der Waals surface area contributed by atoms with Crippen molar-refractivity contribution in [2.75, 3.05) is 11.1 Å². The van der Waals surface area contributed by atoms with Gasteiger partial charge in [0, 0.05) is 12.4 Å². The summed E-state index contributed by atoms with van der Waals surface area (Å²) >= 11 is 0. The number of nitrogens with zero attached hydrogens (tertiary/aromatic N) is 3. The van der Waals surface area contributed by atoms with Crippen molar-refractivity contribution >= 4 is 28.4 Å². The Bertz CT molecular complexity index is 765. The monoisotopic (exact) mass is 265 g/mol. The minimum absolute atomic E-state index is 0.261. The van der Waals surface area contributed by atoms with Crippen molar-refractivity contribution in [2.45, 2.75) is 0 Å². The number of hydrogen-bond acceptors (Lipinski definition) is 5. The number of carbonyl (C=O) groups is 1. The number of fused-ring (bicyclic) bond motifs is 1. The first kappa shape index (κ1) is 12.0. The van der Waals surface area contributed by atoms with Crippen LogP contribution < -0.4 is 11.1 Å². The molecule has 0 saturated carbocycles. The molecule has 6 nitrogen and oxygen atoms in total. The summed E-state index contributed by atoms with van der Waals surface area (Å²) in [5.74, 6) is 0.140. The number of anilines is 2. The number of nitrogens with one attached hydrogen (secondary N) is 1. The molecule has 1 aromatic carbocycles. The van der Waals surface area contributed by atoms with Crippen molar-refractivity contribution in [1.29, 1.82) is 0 Å². The Hall–Kier alpha value is -3.02. The SMILES string of the molecule is Nc1ccc(NC(=O)c2cccc3nccnc23)cn1. The zero-order chi connectivity index (χ0) is 13.9. The highest BCUT2D eigenvalue weighted by atomic mass is 16.1. The van der Waals surface area contributed by atoms with E-state index in [9.17, 15) is 4.79 Å². The molecule has 3 aromatic rings. The van der Waals surface area contributed by atoms with Gasteiger partial charge < -0.3 is 11.1 Å². The van der Waals surface area contributed by atoms with E-state index in [-0.39, 0.29) is 5.91 Å². The predicted molar refractivity (Wildman–Crippen MR) is 76.1 cm³/mol. The third kappa shape index (κ3) is 2.26. The number of benzene rings is 1. The number of aromatic nitrogens is 3. The van der Waals surface area contributed by atoms with Crippen molar-refractivity contribution < 1.29 is 4.79 Å². The van der Waals surface area contributed by atoms with Gasteiger partial charge >= 0.3 is 0 Å². The second kappa shape index (κ2) is 4.93. The number of para-hydroxylation sites is 1. The molecule has 0 aliphatic heterocycles. The van der Waals surface area contributed by atoms with Gasteiger partial charge in [0.15, 0.2) is 0 Å². The summed E-state index contributed by atoms with van der Waals surface area (Å²) in [5.41, 5.74) is 7.78. The maximum atomic E-state index is 12.3. The van der Waals surface area contributed by atoms with Gasteiger partial charge in [0.2, 0.25) is 0 Å². The molecule has 0 atom stereocenters. The topological polar surface area (TPSA) is 93.8 Å². The normalized spacial score (nSPS) is 10.4. The first-order chi connectivity index (χ1) is 9.74. The fourth-order valence-corrected chi connectivity index (χ4v) is 1.85. The molecule has 3 rings (SSSR count). The Labute approximate surface area is 114 Å². The van der Waals surface area contributed by atoms with Crippen LogP contribution >= 0.6 is 0 Å². The Morgan fingerprint density at radius 1 is 1.05 bits per heavy atom. The molecule has 0 bridgehead atoms. The summed E-state index contributed by atoms with van der Waals surface area (Å²) < 4.78 is 0. The van der Waals surface area contributed by atoms with Gasteiger partial charge in [-0.1, -0.05) is 6.07 Å². The summed E-state index contributed by atoms with van der Waals surface area (Å²) in [5, 5.41) is 2.75. The Morgan fingerprint density at radius 2 is 1.90 bits per heavy atom. The van der Waals surface area contributed by atoms with Crippen molar-refractivity contribution in [3.8, 4) is 0 Å². The molecule has 98 valence electrons. The van der Waals surface area contributed by atoms with Crippen LogP contribution in [0.15, 0.2) is 48.9 Å². The van der Waals surface area contributed by atoms with Crippen LogP contribution in [-0.4, -0.2) is 20.9 Å². The van der Waals surface area contributed by atoms with E-state index >= 15 is 0 Å². The lowest BCUT2D eigenvalue weighted by atomic mass is 10.1. The third-order valence-electron chi connectivity index (χ3n) is 2.79. The van der Waals surface area contributed by atoms with E-state index in [0.29, 0.717) is 28.1 Å². The summed E-state index contributed by atoms with van der Waals surface area (Å²) in [6.45, 7) is 0. The minimum atomic E-state index is -0.261. The highest BCUT2D eigenvalue weighted by Crippen LogP contribution is 2.16. The average Bonchev–Trinajstić information content (AvgIpc) is 2.49. The van der Waals surface area contributed by atoms with Crippen LogP contribution in [0.2, 0.25) is 0 Å². The molecular weight excluding hydrogens is 254 g/mol. The lowest BCUT2D eigenvalue weighted by molar-refractivity contribution is 0.102. The average molecular weight is 265 g/mol. The molecule has 0 saturated heterocycles. The Kier molecular flexibility index (Phi) is 2.96. The van der Waals surface area contributed by atoms with E-state index in [1.807, 2.05) is 6.07 Å². The fourth-order valence-electron chi connectivity index (χ4n) is 1.85. The quantitative estimate of drug-likeness (QED) is 0.737. The van der Waals surface area contributed by atoms with Gasteiger partial charge in [-0.2, -0.15) is 0 Å². The van der Waals surface area contributed by atoms with Gasteiger partial charge in [-0.25, -0.2) is 4.98 Å². The molecule has 1 amide bonds. The van der Waals surface area contributed by atoms with E-state index in [2.05, 4.69) is 20.3 Å². The zero-order valence-corrected chi connectivity index (χ0v) is 10.4. The smallest absolute Gasteiger partial charge is 0.257 e. The van der Waals surface area contributed by atoms with Gasteiger partial charge in [-0.3, -0.25) is 14.8 Å². The molecule has 0 aliphatic carbocycles. The van der Waals surface area contributed by atoms with E-state index < -0.39 is 0 Å². The molecular formula is C14H11N5O. The van der Waals surface area contributed by atoms with Gasteiger partial charge in [-0.05, 0) is 24.3 Å². The molecule has 6 heteroatoms. The molecule has 2 aromatic heterocycles. The third-order valence-corrected chi connectivity index (χ3v) is 2.79. The van der Waals surface area contributed by atoms with Crippen LogP contribution in [0.1, 0.15) is 10.4 Å². The first-order valence-electron chi connectivity index (χ1n) is 5.96. The van der Waals surface area contributed by atoms with Crippen LogP contribution in [0.5, 0.6) is 0 Å². The van der Waals surface area contributed by atoms with Crippen molar-refractivity contribution in [2.24, 2.45) is 0 Å². The first-order valence-corrected chi connectivity index (χ1v) is 5.96. The van der Waals surface area contributed by atoms with E-state index in [4.69, 9.17) is 5.73 Å². The Morgan fingerprint density at radius 3 is 2.70 bits per heavy atom. The lowest BCUT2D eigenvalue weighted by Gasteiger charge is -2.06. The molecule has 0 fully saturated rings. The van der Waals surface area contributed by atoms with Gasteiger partial charge in [-0.15, -0.1) is 0 Å². The highest BCUT2D eigenvalue weighted by molar-refractivity contribution is 6.11. The highest BCUT2D eigenvalue weighted by Gasteiger charge is 2.11. The van der Waals surface area contributed by atoms with Gasteiger partial charge in [0.25, 0.3) is 5.91 Å². The maximum absolute atomic E-state index is 12.3. The minimum Gasteiger partial charge on any atom is -0.384 e. The molecule has 0 aliphatic rings. The predicted octanol–water partition coefficient (Wildman–Crippen LogP) is 1.86. The van der Waals surface area contributed by atoms with E-state index in [0.717, 1.165) is 0 Å². The number of nitrogens with two attached hydrogens (primary N) is 1. The van der Waals surface area contributed by atoms with Crippen molar-refractivity contribution in [3.05, 3.63) is 54.5 Å². The Balaban J connectivity index is 1.94. The summed E-state index contributed by atoms with van der Waals surface area (Å²) in [6.07, 6.45) is 4.65. The molecule has 2 heterocycles. The number of pyridine rings is 1. The van der Waals surface area contributed by atoms with Crippen LogP contribution in [0.3, 0.4) is 0 Å². The molecule has 0 radical (unpaired) electrons. The number of rotatable bonds is 2. The zero-order valence-electron chi connectivity index (χ0n) is 10.4. The lowest BCUT2D eigenvalue weighted by Crippen LogP contribution is -2.13. The number of nitrogen functional groups attached to an aromatic ring is 1. The number of hydrogen-bond donors (Lipinski definition) is 2. The van der Waals surface area contributed by atoms with Crippen molar-refractivity contribution in [3.63, 3.8) is 0 Å². The summed E-state index contributed by atoms with van der Waals surface area (Å²) in [7, 11) is 0. The fraction of sp³-hybridized carbons (Fsp3) is 0. The summed E-state index contributed by atoms with van der Waals surface area (Å²) in [6, 6.07) is 8.60. The van der Waals surface area contributed by atoms with E-state index in [1.54, 1.807) is 36.7 Å².